The Hall–Kier alpha value is -2.95. The number of ether oxygens (including phenoxy) is 1. The molecule has 1 N–H and O–H groups in total. The average molecular weight is 323 g/mol. The van der Waals surface area contributed by atoms with Crippen molar-refractivity contribution in [2.24, 2.45) is 5.92 Å². The zero-order valence-corrected chi connectivity index (χ0v) is 13.0. The summed E-state index contributed by atoms with van der Waals surface area (Å²) >= 11 is 0. The maximum atomic E-state index is 12.6. The van der Waals surface area contributed by atoms with E-state index < -0.39 is 5.91 Å². The van der Waals surface area contributed by atoms with Gasteiger partial charge in [0.25, 0.3) is 5.91 Å². The summed E-state index contributed by atoms with van der Waals surface area (Å²) in [6.45, 7) is -0.344. The fourth-order valence-electron chi connectivity index (χ4n) is 2.30. The normalized spacial score (nSPS) is 13.2. The first kappa shape index (κ1) is 15.9. The first-order valence-electron chi connectivity index (χ1n) is 7.80. The smallest absolute Gasteiger partial charge is 0.309 e. The number of hydrogen-bond acceptors (Lipinski definition) is 4. The largest absolute Gasteiger partial charge is 0.455 e. The van der Waals surface area contributed by atoms with Crippen molar-refractivity contribution in [3.63, 3.8) is 0 Å². The van der Waals surface area contributed by atoms with E-state index in [4.69, 9.17) is 4.74 Å². The lowest BCUT2D eigenvalue weighted by molar-refractivity contribution is -0.148. The van der Waals surface area contributed by atoms with E-state index in [1.165, 1.54) is 0 Å². The van der Waals surface area contributed by atoms with Gasteiger partial charge in [0.05, 0.1) is 11.6 Å². The van der Waals surface area contributed by atoms with Gasteiger partial charge >= 0.3 is 5.97 Å². The molecule has 0 radical (unpaired) electrons. The number of anilines is 1. The van der Waals surface area contributed by atoms with Crippen LogP contribution >= 0.6 is 0 Å². The number of nitrogens with one attached hydrogen (secondary N) is 1. The van der Waals surface area contributed by atoms with Crippen molar-refractivity contribution in [2.75, 3.05) is 11.9 Å². The molecule has 0 unspecified atom stereocenters. The van der Waals surface area contributed by atoms with Gasteiger partial charge in [-0.25, -0.2) is 0 Å². The summed E-state index contributed by atoms with van der Waals surface area (Å²) < 4.78 is 4.95. The number of ketones is 1. The number of carbonyl (C=O) groups is 3. The van der Waals surface area contributed by atoms with Crippen LogP contribution in [0.2, 0.25) is 0 Å². The number of amides is 1. The quantitative estimate of drug-likeness (QED) is 0.655. The molecule has 0 saturated heterocycles. The Morgan fingerprint density at radius 2 is 1.62 bits per heavy atom. The van der Waals surface area contributed by atoms with Crippen LogP contribution in [0.4, 0.5) is 5.69 Å². The summed E-state index contributed by atoms with van der Waals surface area (Å²) in [7, 11) is 0. The molecule has 0 spiro atoms. The molecular weight excluding hydrogens is 306 g/mol. The average Bonchev–Trinajstić information content (AvgIpc) is 3.45. The Balaban J connectivity index is 1.68. The molecule has 1 aliphatic rings. The molecule has 1 saturated carbocycles. The number of benzene rings is 2. The summed E-state index contributed by atoms with van der Waals surface area (Å²) in [6.07, 6.45) is 1.66. The first-order chi connectivity index (χ1) is 11.6. The van der Waals surface area contributed by atoms with E-state index in [9.17, 15) is 14.4 Å². The highest BCUT2D eigenvalue weighted by molar-refractivity contribution is 6.13. The molecule has 122 valence electrons. The Labute approximate surface area is 139 Å². The third-order valence-corrected chi connectivity index (χ3v) is 3.74. The van der Waals surface area contributed by atoms with Crippen molar-refractivity contribution in [1.29, 1.82) is 0 Å². The lowest BCUT2D eigenvalue weighted by atomic mass is 10.0. The lowest BCUT2D eigenvalue weighted by Gasteiger charge is -2.10. The molecule has 5 heteroatoms. The minimum Gasteiger partial charge on any atom is -0.455 e. The van der Waals surface area contributed by atoms with E-state index in [1.54, 1.807) is 48.5 Å². The molecule has 0 heterocycles. The minimum atomic E-state index is -0.461. The van der Waals surface area contributed by atoms with Gasteiger partial charge in [-0.05, 0) is 25.0 Å². The third kappa shape index (κ3) is 3.87. The summed E-state index contributed by atoms with van der Waals surface area (Å²) in [4.78, 5) is 36.0. The SMILES string of the molecule is O=C(COC(=O)C1CC1)Nc1ccccc1C(=O)c1ccccc1. The van der Waals surface area contributed by atoms with Crippen LogP contribution < -0.4 is 5.32 Å². The molecule has 5 nitrogen and oxygen atoms in total. The molecule has 1 amide bonds. The van der Waals surface area contributed by atoms with Crippen molar-refractivity contribution >= 4 is 23.3 Å². The molecule has 2 aromatic rings. The van der Waals surface area contributed by atoms with Crippen LogP contribution in [0, 0.1) is 5.92 Å². The molecule has 0 aliphatic heterocycles. The molecule has 1 fully saturated rings. The Bertz CT molecular complexity index is 766. The second-order valence-corrected chi connectivity index (χ2v) is 5.67. The predicted octanol–water partition coefficient (Wildman–Crippen LogP) is 2.81. The number of rotatable bonds is 6. The highest BCUT2D eigenvalue weighted by atomic mass is 16.5. The summed E-state index contributed by atoms with van der Waals surface area (Å²) in [5, 5.41) is 2.64. The fourth-order valence-corrected chi connectivity index (χ4v) is 2.30. The number of carbonyl (C=O) groups excluding carboxylic acids is 3. The highest BCUT2D eigenvalue weighted by Gasteiger charge is 2.31. The van der Waals surface area contributed by atoms with Crippen molar-refractivity contribution in [2.45, 2.75) is 12.8 Å². The second-order valence-electron chi connectivity index (χ2n) is 5.67. The van der Waals surface area contributed by atoms with E-state index >= 15 is 0 Å². The zero-order valence-electron chi connectivity index (χ0n) is 13.0. The van der Waals surface area contributed by atoms with Crippen LogP contribution in [0.3, 0.4) is 0 Å². The van der Waals surface area contributed by atoms with Crippen molar-refractivity contribution in [3.05, 3.63) is 65.7 Å². The number of esters is 1. The molecule has 2 aromatic carbocycles. The van der Waals surface area contributed by atoms with Gasteiger partial charge in [-0.2, -0.15) is 0 Å². The van der Waals surface area contributed by atoms with E-state index in [1.807, 2.05) is 6.07 Å². The van der Waals surface area contributed by atoms with Crippen molar-refractivity contribution < 1.29 is 19.1 Å². The second kappa shape index (κ2) is 7.08. The van der Waals surface area contributed by atoms with Gasteiger partial charge in [-0.3, -0.25) is 14.4 Å². The third-order valence-electron chi connectivity index (χ3n) is 3.74. The van der Waals surface area contributed by atoms with Crippen LogP contribution in [0.15, 0.2) is 54.6 Å². The van der Waals surface area contributed by atoms with Crippen LogP contribution in [-0.2, 0) is 14.3 Å². The number of hydrogen-bond donors (Lipinski definition) is 1. The van der Waals surface area contributed by atoms with Crippen molar-refractivity contribution in [1.82, 2.24) is 0 Å². The van der Waals surface area contributed by atoms with E-state index in [0.717, 1.165) is 12.8 Å². The molecule has 0 atom stereocenters. The van der Waals surface area contributed by atoms with Crippen LogP contribution in [-0.4, -0.2) is 24.3 Å². The van der Waals surface area contributed by atoms with E-state index in [0.29, 0.717) is 16.8 Å². The van der Waals surface area contributed by atoms with Crippen LogP contribution in [0.5, 0.6) is 0 Å². The van der Waals surface area contributed by atoms with Crippen LogP contribution in [0.25, 0.3) is 0 Å². The first-order valence-corrected chi connectivity index (χ1v) is 7.80. The van der Waals surface area contributed by atoms with Gasteiger partial charge in [0.15, 0.2) is 12.4 Å². The monoisotopic (exact) mass is 323 g/mol. The standard InChI is InChI=1S/C19H17NO4/c21-17(12-24-19(23)14-10-11-14)20-16-9-5-4-8-15(16)18(22)13-6-2-1-3-7-13/h1-9,14H,10-12H2,(H,20,21). The van der Waals surface area contributed by atoms with E-state index in [2.05, 4.69) is 5.32 Å². The lowest BCUT2D eigenvalue weighted by Crippen LogP contribution is -2.22. The summed E-state index contributed by atoms with van der Waals surface area (Å²) in [5.41, 5.74) is 1.34. The molecule has 0 bridgehead atoms. The predicted molar refractivity (Wildman–Crippen MR) is 88.6 cm³/mol. The topological polar surface area (TPSA) is 72.5 Å². The minimum absolute atomic E-state index is 0.0512. The Kier molecular flexibility index (Phi) is 4.70. The Morgan fingerprint density at radius 3 is 2.33 bits per heavy atom. The number of para-hydroxylation sites is 1. The van der Waals surface area contributed by atoms with Gasteiger partial charge < -0.3 is 10.1 Å². The van der Waals surface area contributed by atoms with Gasteiger partial charge in [0, 0.05) is 11.1 Å². The van der Waals surface area contributed by atoms with Crippen molar-refractivity contribution in [3.8, 4) is 0 Å². The Morgan fingerprint density at radius 1 is 0.958 bits per heavy atom. The maximum Gasteiger partial charge on any atom is 0.309 e. The molecule has 0 aromatic heterocycles. The van der Waals surface area contributed by atoms with E-state index in [-0.39, 0.29) is 24.3 Å². The highest BCUT2D eigenvalue weighted by Crippen LogP contribution is 2.30. The van der Waals surface area contributed by atoms with Gasteiger partial charge in [-0.15, -0.1) is 0 Å². The zero-order chi connectivity index (χ0) is 16.9. The van der Waals surface area contributed by atoms with Gasteiger partial charge in [0.2, 0.25) is 0 Å². The molecule has 1 aliphatic carbocycles. The summed E-state index contributed by atoms with van der Waals surface area (Å²) in [6, 6.07) is 15.6. The molecule has 3 rings (SSSR count). The molecule has 24 heavy (non-hydrogen) atoms. The maximum absolute atomic E-state index is 12.6. The fraction of sp³-hybridized carbons (Fsp3) is 0.211. The van der Waals surface area contributed by atoms with Crippen LogP contribution in [0.1, 0.15) is 28.8 Å². The summed E-state index contributed by atoms with van der Waals surface area (Å²) in [5.74, 6) is -1.03. The van der Waals surface area contributed by atoms with Gasteiger partial charge in [0.1, 0.15) is 0 Å². The molecular formula is C19H17NO4. The van der Waals surface area contributed by atoms with Gasteiger partial charge in [-0.1, -0.05) is 42.5 Å².